The van der Waals surface area contributed by atoms with Gasteiger partial charge < -0.3 is 5.11 Å². The fourth-order valence-corrected chi connectivity index (χ4v) is 8.32. The van der Waals surface area contributed by atoms with Crippen LogP contribution in [-0.2, 0) is 0 Å². The van der Waals surface area contributed by atoms with E-state index in [0.29, 0.717) is 0 Å². The van der Waals surface area contributed by atoms with Gasteiger partial charge in [-0.15, -0.1) is 34.8 Å². The molecule has 0 spiro atoms. The summed E-state index contributed by atoms with van der Waals surface area (Å²) in [5.41, 5.74) is 0. The Morgan fingerprint density at radius 3 is 1.55 bits per heavy atom. The summed E-state index contributed by atoms with van der Waals surface area (Å²) < 4.78 is -1.48. The summed E-state index contributed by atoms with van der Waals surface area (Å²) in [6.45, 7) is 0. The molecule has 1 N–H and O–H groups in total. The maximum atomic E-state index is 9.20. The highest BCUT2D eigenvalue weighted by molar-refractivity contribution is 6.66. The van der Waals surface area contributed by atoms with Gasteiger partial charge in [0.25, 0.3) is 0 Å². The standard InChI is InChI=1S/C10H5Cl7.C6HCl5O/c11-4-2-1-3-5(4)9(15)7(13)6(12)8(3,14)10(9,16)17;7-1-2(8)4(10)6(12)5(11)3(1)9/h1-5H;12H. The normalized spacial score (nSPS) is 36.3. The molecule has 3 aliphatic rings. The van der Waals surface area contributed by atoms with Crippen molar-refractivity contribution in [2.45, 2.75) is 19.5 Å². The van der Waals surface area contributed by atoms with Crippen molar-refractivity contribution < 1.29 is 5.11 Å². The molecule has 160 valence electrons. The Morgan fingerprint density at radius 2 is 1.07 bits per heavy atom. The molecule has 1 fully saturated rings. The molecular formula is C16H6Cl12O. The highest BCUT2D eigenvalue weighted by Crippen LogP contribution is 2.78. The molecule has 0 heterocycles. The third kappa shape index (κ3) is 3.25. The van der Waals surface area contributed by atoms with Crippen molar-refractivity contribution in [2.24, 2.45) is 11.8 Å². The highest BCUT2D eigenvalue weighted by atomic mass is 35.5. The Morgan fingerprint density at radius 1 is 0.655 bits per heavy atom. The predicted molar refractivity (Wildman–Crippen MR) is 129 cm³/mol. The van der Waals surface area contributed by atoms with E-state index in [4.69, 9.17) is 139 Å². The summed E-state index contributed by atoms with van der Waals surface area (Å²) in [6, 6.07) is 0. The highest BCUT2D eigenvalue weighted by Gasteiger charge is 2.83. The van der Waals surface area contributed by atoms with Crippen LogP contribution in [0.25, 0.3) is 0 Å². The van der Waals surface area contributed by atoms with Crippen LogP contribution in [0.4, 0.5) is 0 Å². The number of fused-ring (bicyclic) bond motifs is 5. The minimum Gasteiger partial charge on any atom is -0.505 e. The average molecular weight is 640 g/mol. The summed E-state index contributed by atoms with van der Waals surface area (Å²) in [7, 11) is 0. The van der Waals surface area contributed by atoms with Crippen LogP contribution in [0.2, 0.25) is 25.1 Å². The second-order valence-corrected chi connectivity index (χ2v) is 12.1. The molecule has 4 rings (SSSR count). The lowest BCUT2D eigenvalue weighted by Gasteiger charge is -2.34. The topological polar surface area (TPSA) is 20.2 Å². The van der Waals surface area contributed by atoms with Gasteiger partial charge in [0.15, 0.2) is 10.1 Å². The lowest BCUT2D eigenvalue weighted by Crippen LogP contribution is -2.45. The van der Waals surface area contributed by atoms with Crippen molar-refractivity contribution in [3.63, 3.8) is 0 Å². The van der Waals surface area contributed by atoms with E-state index in [9.17, 15) is 5.11 Å². The first kappa shape index (κ1) is 25.6. The number of hydrogen-bond acceptors (Lipinski definition) is 1. The van der Waals surface area contributed by atoms with E-state index in [-0.39, 0.29) is 58.1 Å². The summed E-state index contributed by atoms with van der Waals surface area (Å²) in [4.78, 5) is -2.45. The molecule has 0 aromatic heterocycles. The number of aromatic hydroxyl groups is 1. The van der Waals surface area contributed by atoms with Crippen LogP contribution in [0.1, 0.15) is 0 Å². The van der Waals surface area contributed by atoms with Crippen LogP contribution in [0.3, 0.4) is 0 Å². The monoisotopic (exact) mass is 634 g/mol. The van der Waals surface area contributed by atoms with E-state index < -0.39 is 14.1 Å². The predicted octanol–water partition coefficient (Wildman–Crippen LogP) is 9.90. The van der Waals surface area contributed by atoms with Gasteiger partial charge in [-0.2, -0.15) is 0 Å². The molecule has 5 unspecified atom stereocenters. The van der Waals surface area contributed by atoms with Crippen LogP contribution >= 0.6 is 139 Å². The SMILES string of the molecule is ClC1=C(Cl)C2(Cl)C3C(Cl)C=CC3C1(Cl)C2(Cl)Cl.Oc1c(Cl)c(Cl)c(Cl)c(Cl)c1Cl. The van der Waals surface area contributed by atoms with E-state index in [1.807, 2.05) is 12.2 Å². The molecule has 1 aromatic rings. The molecule has 29 heavy (non-hydrogen) atoms. The minimum atomic E-state index is -1.48. The van der Waals surface area contributed by atoms with Gasteiger partial charge in [-0.3, -0.25) is 0 Å². The molecule has 13 heteroatoms. The fourth-order valence-electron chi connectivity index (χ4n) is 3.67. The molecule has 0 amide bonds. The first-order valence-corrected chi connectivity index (χ1v) is 12.1. The molecular weight excluding hydrogens is 634 g/mol. The number of hydrogen-bond donors (Lipinski definition) is 1. The lowest BCUT2D eigenvalue weighted by atomic mass is 9.84. The van der Waals surface area contributed by atoms with Crippen molar-refractivity contribution in [1.82, 2.24) is 0 Å². The Labute approximate surface area is 226 Å². The largest absolute Gasteiger partial charge is 0.505 e. The molecule has 1 aromatic carbocycles. The van der Waals surface area contributed by atoms with E-state index >= 15 is 0 Å². The molecule has 0 radical (unpaired) electrons. The number of halogens is 12. The van der Waals surface area contributed by atoms with Gasteiger partial charge in [-0.05, 0) is 0 Å². The second kappa shape index (κ2) is 8.33. The fraction of sp³-hybridized carbons (Fsp3) is 0.375. The summed E-state index contributed by atoms with van der Waals surface area (Å²) in [5, 5.41) is 9.13. The Hall–Kier alpha value is 1.98. The zero-order valence-electron chi connectivity index (χ0n) is 13.4. The molecule has 2 bridgehead atoms. The Bertz CT molecular complexity index is 851. The van der Waals surface area contributed by atoms with Crippen molar-refractivity contribution in [1.29, 1.82) is 0 Å². The van der Waals surface area contributed by atoms with Crippen LogP contribution < -0.4 is 0 Å². The Kier molecular flexibility index (Phi) is 7.35. The van der Waals surface area contributed by atoms with Gasteiger partial charge >= 0.3 is 0 Å². The van der Waals surface area contributed by atoms with Crippen LogP contribution in [0, 0.1) is 11.8 Å². The third-order valence-corrected chi connectivity index (χ3v) is 12.0. The van der Waals surface area contributed by atoms with Crippen molar-refractivity contribution in [3.05, 3.63) is 47.3 Å². The third-order valence-electron chi connectivity index (χ3n) is 5.08. The number of alkyl halides is 5. The summed E-state index contributed by atoms with van der Waals surface area (Å²) >= 11 is 72.4. The quantitative estimate of drug-likeness (QED) is 0.130. The van der Waals surface area contributed by atoms with Gasteiger partial charge in [0.05, 0.1) is 30.5 Å². The smallest absolute Gasteiger partial charge is 0.167 e. The number of phenolic OH excluding ortho intramolecular Hbond substituents is 1. The molecule has 5 atom stereocenters. The summed E-state index contributed by atoms with van der Waals surface area (Å²) in [5.74, 6) is -0.833. The molecule has 3 aliphatic carbocycles. The van der Waals surface area contributed by atoms with E-state index in [0.717, 1.165) is 0 Å². The Balaban J connectivity index is 0.000000177. The first-order chi connectivity index (χ1) is 13.2. The molecule has 0 aliphatic heterocycles. The number of benzene rings is 1. The lowest BCUT2D eigenvalue weighted by molar-refractivity contribution is 0.420. The number of phenols is 1. The van der Waals surface area contributed by atoms with Gasteiger partial charge in [-0.1, -0.05) is 117 Å². The van der Waals surface area contributed by atoms with Crippen molar-refractivity contribution in [2.75, 3.05) is 0 Å². The first-order valence-electron chi connectivity index (χ1n) is 7.51. The second-order valence-electron chi connectivity index (χ2n) is 6.43. The summed E-state index contributed by atoms with van der Waals surface area (Å²) in [6.07, 6.45) is 3.69. The van der Waals surface area contributed by atoms with Gasteiger partial charge in [-0.25, -0.2) is 0 Å². The minimum absolute atomic E-state index is 0.00904. The maximum Gasteiger partial charge on any atom is 0.167 e. The van der Waals surface area contributed by atoms with E-state index in [1.165, 1.54) is 0 Å². The zero-order valence-corrected chi connectivity index (χ0v) is 22.4. The van der Waals surface area contributed by atoms with Crippen molar-refractivity contribution in [3.8, 4) is 5.75 Å². The van der Waals surface area contributed by atoms with Crippen LogP contribution in [0.5, 0.6) is 5.75 Å². The van der Waals surface area contributed by atoms with Gasteiger partial charge in [0.2, 0.25) is 0 Å². The number of allylic oxidation sites excluding steroid dienone is 4. The van der Waals surface area contributed by atoms with Gasteiger partial charge in [0.1, 0.15) is 19.8 Å². The maximum absolute atomic E-state index is 9.20. The molecule has 0 saturated heterocycles. The van der Waals surface area contributed by atoms with Crippen LogP contribution in [0.15, 0.2) is 22.2 Å². The molecule has 1 nitrogen and oxygen atoms in total. The van der Waals surface area contributed by atoms with E-state index in [1.54, 1.807) is 0 Å². The van der Waals surface area contributed by atoms with E-state index in [2.05, 4.69) is 0 Å². The average Bonchev–Trinajstić information content (AvgIpc) is 3.16. The zero-order chi connectivity index (χ0) is 22.3. The number of rotatable bonds is 0. The van der Waals surface area contributed by atoms with Gasteiger partial charge in [0, 0.05) is 11.8 Å². The van der Waals surface area contributed by atoms with Crippen molar-refractivity contribution >= 4 is 139 Å². The molecule has 1 saturated carbocycles. The van der Waals surface area contributed by atoms with Crippen LogP contribution in [-0.4, -0.2) is 24.6 Å².